The van der Waals surface area contributed by atoms with Crippen LogP contribution in [0.3, 0.4) is 0 Å². The lowest BCUT2D eigenvalue weighted by Crippen LogP contribution is -2.27. The number of amides is 1. The topological polar surface area (TPSA) is 109 Å². The third kappa shape index (κ3) is 6.97. The SMILES string of the molecule is C[C@@H](COC(F)F)Nc1ncc(C(=O)NC2CC2)c(/N=C\C2CCC(O)CC2)n1. The maximum atomic E-state index is 12.5. The molecule has 3 N–H and O–H groups in total. The van der Waals surface area contributed by atoms with Crippen LogP contribution in [-0.4, -0.2) is 58.6 Å². The summed E-state index contributed by atoms with van der Waals surface area (Å²) in [5.41, 5.74) is 0.269. The molecule has 0 saturated heterocycles. The van der Waals surface area contributed by atoms with Gasteiger partial charge in [0, 0.05) is 24.5 Å². The van der Waals surface area contributed by atoms with Gasteiger partial charge in [0.15, 0.2) is 5.82 Å². The van der Waals surface area contributed by atoms with E-state index in [1.807, 2.05) is 0 Å². The van der Waals surface area contributed by atoms with Gasteiger partial charge in [-0.15, -0.1) is 0 Å². The molecule has 2 aliphatic carbocycles. The minimum absolute atomic E-state index is 0.184. The maximum absolute atomic E-state index is 12.5. The highest BCUT2D eigenvalue weighted by molar-refractivity contribution is 5.98. The molecule has 0 unspecified atom stereocenters. The quantitative estimate of drug-likeness (QED) is 0.539. The first-order valence-corrected chi connectivity index (χ1v) is 9.97. The summed E-state index contributed by atoms with van der Waals surface area (Å²) in [6.45, 7) is -1.40. The molecule has 1 amide bonds. The highest BCUT2D eigenvalue weighted by Gasteiger charge is 2.26. The second-order valence-electron chi connectivity index (χ2n) is 7.66. The van der Waals surface area contributed by atoms with Gasteiger partial charge in [0.2, 0.25) is 5.95 Å². The molecular weight excluding hydrogens is 384 g/mol. The Hall–Kier alpha value is -2.20. The van der Waals surface area contributed by atoms with Crippen molar-refractivity contribution in [1.82, 2.24) is 15.3 Å². The molecule has 1 atom stereocenters. The fraction of sp³-hybridized carbons (Fsp3) is 0.684. The molecule has 0 aromatic carbocycles. The number of anilines is 1. The fourth-order valence-electron chi connectivity index (χ4n) is 3.10. The van der Waals surface area contributed by atoms with Gasteiger partial charge in [-0.25, -0.2) is 9.98 Å². The van der Waals surface area contributed by atoms with E-state index in [9.17, 15) is 18.7 Å². The number of ether oxygens (including phenoxy) is 1. The van der Waals surface area contributed by atoms with Crippen molar-refractivity contribution in [2.24, 2.45) is 10.9 Å². The van der Waals surface area contributed by atoms with Crippen LogP contribution >= 0.6 is 0 Å². The molecule has 2 saturated carbocycles. The monoisotopic (exact) mass is 411 g/mol. The summed E-state index contributed by atoms with van der Waals surface area (Å²) in [6.07, 6.45) is 7.92. The number of carbonyl (C=O) groups is 1. The van der Waals surface area contributed by atoms with Gasteiger partial charge in [-0.05, 0) is 51.4 Å². The molecule has 3 rings (SSSR count). The number of nitrogens with zero attached hydrogens (tertiary/aromatic N) is 3. The van der Waals surface area contributed by atoms with Crippen LogP contribution in [0.2, 0.25) is 0 Å². The van der Waals surface area contributed by atoms with Crippen molar-refractivity contribution < 1.29 is 23.4 Å². The fourth-order valence-corrected chi connectivity index (χ4v) is 3.10. The van der Waals surface area contributed by atoms with Gasteiger partial charge < -0.3 is 20.5 Å². The molecule has 10 heteroatoms. The molecule has 0 spiro atoms. The molecule has 29 heavy (non-hydrogen) atoms. The van der Waals surface area contributed by atoms with Gasteiger partial charge in [0.1, 0.15) is 5.56 Å². The lowest BCUT2D eigenvalue weighted by atomic mass is 9.88. The van der Waals surface area contributed by atoms with E-state index >= 15 is 0 Å². The molecule has 1 heterocycles. The summed E-state index contributed by atoms with van der Waals surface area (Å²) >= 11 is 0. The van der Waals surface area contributed by atoms with E-state index in [4.69, 9.17) is 0 Å². The van der Waals surface area contributed by atoms with Crippen LogP contribution in [-0.2, 0) is 4.74 Å². The first-order valence-electron chi connectivity index (χ1n) is 9.97. The van der Waals surface area contributed by atoms with Crippen molar-refractivity contribution in [1.29, 1.82) is 0 Å². The predicted octanol–water partition coefficient (Wildman–Crippen LogP) is 2.66. The standard InChI is InChI=1S/C19H27F2N5O3/c1-11(10-29-18(20)21)24-19-23-9-15(17(28)25-13-4-5-13)16(26-19)22-8-12-2-6-14(27)7-3-12/h8-9,11-14,18,27H,2-7,10H2,1H3,(H,25,28)(H,23,24,26)/b22-8-/t11-,12?,14?/m0/s1. The number of aromatic nitrogens is 2. The molecule has 8 nitrogen and oxygen atoms in total. The van der Waals surface area contributed by atoms with Crippen LogP contribution in [0.1, 0.15) is 55.8 Å². The van der Waals surface area contributed by atoms with Crippen LogP contribution in [0.5, 0.6) is 0 Å². The zero-order valence-electron chi connectivity index (χ0n) is 16.4. The highest BCUT2D eigenvalue weighted by Crippen LogP contribution is 2.25. The molecule has 1 aromatic heterocycles. The van der Waals surface area contributed by atoms with Crippen LogP contribution in [0.4, 0.5) is 20.5 Å². The number of hydrogen-bond donors (Lipinski definition) is 3. The Morgan fingerprint density at radius 3 is 2.72 bits per heavy atom. The van der Waals surface area contributed by atoms with Crippen LogP contribution in [0.25, 0.3) is 0 Å². The third-order valence-electron chi connectivity index (χ3n) is 4.92. The maximum Gasteiger partial charge on any atom is 0.345 e. The Labute approximate surface area is 168 Å². The van der Waals surface area contributed by atoms with E-state index < -0.39 is 12.7 Å². The number of alkyl halides is 2. The van der Waals surface area contributed by atoms with E-state index in [1.54, 1.807) is 13.1 Å². The molecule has 0 radical (unpaired) electrons. The molecule has 0 bridgehead atoms. The number of hydrogen-bond acceptors (Lipinski definition) is 7. The van der Waals surface area contributed by atoms with Crippen molar-refractivity contribution in [3.8, 4) is 0 Å². The summed E-state index contributed by atoms with van der Waals surface area (Å²) in [5.74, 6) is 0.347. The van der Waals surface area contributed by atoms with Crippen LogP contribution < -0.4 is 10.6 Å². The summed E-state index contributed by atoms with van der Waals surface area (Å²) in [4.78, 5) is 25.4. The van der Waals surface area contributed by atoms with Gasteiger partial charge in [0.25, 0.3) is 5.91 Å². The molecule has 160 valence electrons. The van der Waals surface area contributed by atoms with Gasteiger partial charge in [-0.3, -0.25) is 4.79 Å². The smallest absolute Gasteiger partial charge is 0.345 e. The van der Waals surface area contributed by atoms with Gasteiger partial charge in [-0.1, -0.05) is 0 Å². The normalized spacial score (nSPS) is 23.3. The minimum atomic E-state index is -2.84. The molecule has 2 aliphatic rings. The number of aliphatic imine (C=N–C) groups is 1. The molecule has 1 aromatic rings. The lowest BCUT2D eigenvalue weighted by molar-refractivity contribution is -0.130. The molecule has 0 aliphatic heterocycles. The average Bonchev–Trinajstić information content (AvgIpc) is 3.50. The van der Waals surface area contributed by atoms with Crippen molar-refractivity contribution in [3.05, 3.63) is 11.8 Å². The first-order chi connectivity index (χ1) is 13.9. The van der Waals surface area contributed by atoms with Crippen LogP contribution in [0.15, 0.2) is 11.2 Å². The molecule has 2 fully saturated rings. The Balaban J connectivity index is 1.72. The highest BCUT2D eigenvalue weighted by atomic mass is 19.3. The van der Waals surface area contributed by atoms with Gasteiger partial charge >= 0.3 is 6.61 Å². The number of aliphatic hydroxyl groups is 1. The predicted molar refractivity (Wildman–Crippen MR) is 104 cm³/mol. The van der Waals surface area contributed by atoms with E-state index in [0.29, 0.717) is 0 Å². The third-order valence-corrected chi connectivity index (χ3v) is 4.92. The van der Waals surface area contributed by atoms with Crippen molar-refractivity contribution >= 4 is 23.9 Å². The van der Waals surface area contributed by atoms with Crippen LogP contribution in [0, 0.1) is 5.92 Å². The number of carbonyl (C=O) groups excluding carboxylic acids is 1. The average molecular weight is 411 g/mol. The number of halogens is 2. The lowest BCUT2D eigenvalue weighted by Gasteiger charge is -2.22. The Kier molecular flexibility index (Phi) is 7.43. The summed E-state index contributed by atoms with van der Waals surface area (Å²) in [6, 6.07) is -0.268. The largest absolute Gasteiger partial charge is 0.393 e. The molecular formula is C19H27F2N5O3. The summed E-state index contributed by atoms with van der Waals surface area (Å²) in [5, 5.41) is 15.4. The second kappa shape index (κ2) is 10.0. The van der Waals surface area contributed by atoms with Crippen molar-refractivity contribution in [2.75, 3.05) is 11.9 Å². The first kappa shape index (κ1) is 21.5. The van der Waals surface area contributed by atoms with E-state index in [0.717, 1.165) is 38.5 Å². The number of aliphatic hydroxyl groups excluding tert-OH is 1. The number of nitrogens with one attached hydrogen (secondary N) is 2. The minimum Gasteiger partial charge on any atom is -0.393 e. The summed E-state index contributed by atoms with van der Waals surface area (Å²) < 4.78 is 28.7. The Morgan fingerprint density at radius 2 is 2.07 bits per heavy atom. The van der Waals surface area contributed by atoms with E-state index in [2.05, 4.69) is 30.3 Å². The Bertz CT molecular complexity index is 722. The zero-order valence-corrected chi connectivity index (χ0v) is 16.4. The second-order valence-corrected chi connectivity index (χ2v) is 7.66. The van der Waals surface area contributed by atoms with E-state index in [1.165, 1.54) is 6.20 Å². The zero-order chi connectivity index (χ0) is 20.8. The van der Waals surface area contributed by atoms with Crippen molar-refractivity contribution in [2.45, 2.75) is 70.2 Å². The number of rotatable bonds is 9. The van der Waals surface area contributed by atoms with Gasteiger partial charge in [-0.2, -0.15) is 13.8 Å². The van der Waals surface area contributed by atoms with Crippen molar-refractivity contribution in [3.63, 3.8) is 0 Å². The Morgan fingerprint density at radius 1 is 1.34 bits per heavy atom. The summed E-state index contributed by atoms with van der Waals surface area (Å²) in [7, 11) is 0. The van der Waals surface area contributed by atoms with E-state index in [-0.39, 0.29) is 47.9 Å². The van der Waals surface area contributed by atoms with Gasteiger partial charge in [0.05, 0.1) is 12.7 Å².